The number of ether oxygens (including phenoxy) is 1. The highest BCUT2D eigenvalue weighted by Gasteiger charge is 2.18. The number of carbonyl (C=O) groups is 3. The molecule has 0 unspecified atom stereocenters. The summed E-state index contributed by atoms with van der Waals surface area (Å²) in [6.45, 7) is 1.72. The molecule has 7 heteroatoms. The van der Waals surface area contributed by atoms with Crippen LogP contribution in [0, 0.1) is 5.82 Å². The Hall–Kier alpha value is -3.22. The largest absolute Gasteiger partial charge is 0.462 e. The second-order valence-corrected chi connectivity index (χ2v) is 4.99. The number of hydrogen-bond acceptors (Lipinski definition) is 4. The Labute approximate surface area is 144 Å². The molecular weight excluding hydrogens is 327 g/mol. The maximum atomic E-state index is 13.5. The molecule has 6 nitrogen and oxygen atoms in total. The smallest absolute Gasteiger partial charge is 0.340 e. The number of anilines is 1. The maximum absolute atomic E-state index is 13.5. The van der Waals surface area contributed by atoms with E-state index in [0.29, 0.717) is 0 Å². The van der Waals surface area contributed by atoms with Crippen LogP contribution in [0.2, 0.25) is 0 Å². The van der Waals surface area contributed by atoms with Crippen molar-refractivity contribution in [1.82, 2.24) is 5.32 Å². The minimum atomic E-state index is -0.965. The third-order valence-electron chi connectivity index (χ3n) is 3.27. The van der Waals surface area contributed by atoms with Crippen molar-refractivity contribution >= 4 is 23.5 Å². The number of carbonyl (C=O) groups excluding carboxylic acids is 3. The van der Waals surface area contributed by atoms with E-state index < -0.39 is 23.6 Å². The summed E-state index contributed by atoms with van der Waals surface area (Å²) in [4.78, 5) is 35.7. The number of halogens is 1. The van der Waals surface area contributed by atoms with E-state index in [-0.39, 0.29) is 30.0 Å². The van der Waals surface area contributed by atoms with Crippen LogP contribution in [0.4, 0.5) is 10.1 Å². The van der Waals surface area contributed by atoms with E-state index in [9.17, 15) is 18.8 Å². The van der Waals surface area contributed by atoms with Crippen molar-refractivity contribution in [2.45, 2.75) is 13.5 Å². The molecule has 0 spiro atoms. The van der Waals surface area contributed by atoms with Gasteiger partial charge in [0.05, 0.1) is 17.9 Å². The van der Waals surface area contributed by atoms with Crippen LogP contribution < -0.4 is 10.6 Å². The number of para-hydroxylation sites is 1. The summed E-state index contributed by atoms with van der Waals surface area (Å²) in [5.41, 5.74) is 0.558. The standard InChI is InChI=1S/C18H17FN2O4/c1-2-25-18(24)13-8-4-6-10-15(13)21-17(23)16(22)20-11-12-7-3-5-9-14(12)19/h3-10H,2,11H2,1H3,(H,20,22)(H,21,23). The third-order valence-corrected chi connectivity index (χ3v) is 3.27. The van der Waals surface area contributed by atoms with Crippen LogP contribution in [0.3, 0.4) is 0 Å². The lowest BCUT2D eigenvalue weighted by atomic mass is 10.1. The van der Waals surface area contributed by atoms with Crippen molar-refractivity contribution in [2.24, 2.45) is 0 Å². The second-order valence-electron chi connectivity index (χ2n) is 4.99. The molecule has 0 saturated heterocycles. The molecule has 0 aliphatic carbocycles. The average Bonchev–Trinajstić information content (AvgIpc) is 2.61. The number of rotatable bonds is 5. The lowest BCUT2D eigenvalue weighted by Gasteiger charge is -2.10. The van der Waals surface area contributed by atoms with E-state index in [1.807, 2.05) is 0 Å². The van der Waals surface area contributed by atoms with E-state index in [0.717, 1.165) is 0 Å². The van der Waals surface area contributed by atoms with Crippen molar-refractivity contribution < 1.29 is 23.5 Å². The Bertz CT molecular complexity index is 792. The SMILES string of the molecule is CCOC(=O)c1ccccc1NC(=O)C(=O)NCc1ccccc1F. The molecule has 2 N–H and O–H groups in total. The molecule has 130 valence electrons. The van der Waals surface area contributed by atoms with Crippen molar-refractivity contribution in [1.29, 1.82) is 0 Å². The molecule has 0 fully saturated rings. The molecular formula is C18H17FN2O4. The zero-order valence-corrected chi connectivity index (χ0v) is 13.5. The quantitative estimate of drug-likeness (QED) is 0.644. The molecule has 0 radical (unpaired) electrons. The van der Waals surface area contributed by atoms with Gasteiger partial charge in [-0.15, -0.1) is 0 Å². The summed E-state index contributed by atoms with van der Waals surface area (Å²) in [6.07, 6.45) is 0. The van der Waals surface area contributed by atoms with Gasteiger partial charge in [-0.1, -0.05) is 30.3 Å². The summed E-state index contributed by atoms with van der Waals surface area (Å²) < 4.78 is 18.4. The zero-order valence-electron chi connectivity index (χ0n) is 13.5. The molecule has 0 aromatic heterocycles. The van der Waals surface area contributed by atoms with Crippen LogP contribution in [0.5, 0.6) is 0 Å². The van der Waals surface area contributed by atoms with Crippen LogP contribution in [-0.2, 0) is 20.9 Å². The van der Waals surface area contributed by atoms with Crippen molar-refractivity contribution in [3.63, 3.8) is 0 Å². The highest BCUT2D eigenvalue weighted by Crippen LogP contribution is 2.16. The molecule has 2 aromatic rings. The van der Waals surface area contributed by atoms with Gasteiger partial charge >= 0.3 is 17.8 Å². The summed E-state index contributed by atoms with van der Waals surface area (Å²) in [7, 11) is 0. The summed E-state index contributed by atoms with van der Waals surface area (Å²) >= 11 is 0. The lowest BCUT2D eigenvalue weighted by molar-refractivity contribution is -0.136. The normalized spacial score (nSPS) is 10.0. The van der Waals surface area contributed by atoms with Crippen molar-refractivity contribution in [3.05, 3.63) is 65.5 Å². The molecule has 0 heterocycles. The number of benzene rings is 2. The van der Waals surface area contributed by atoms with Gasteiger partial charge in [-0.25, -0.2) is 9.18 Å². The number of nitrogens with one attached hydrogen (secondary N) is 2. The first-order valence-corrected chi connectivity index (χ1v) is 7.61. The fraction of sp³-hybridized carbons (Fsp3) is 0.167. The van der Waals surface area contributed by atoms with Crippen LogP contribution in [0.25, 0.3) is 0 Å². The highest BCUT2D eigenvalue weighted by molar-refractivity contribution is 6.39. The van der Waals surface area contributed by atoms with Gasteiger partial charge in [-0.2, -0.15) is 0 Å². The van der Waals surface area contributed by atoms with Crippen molar-refractivity contribution in [2.75, 3.05) is 11.9 Å². The van der Waals surface area contributed by atoms with E-state index >= 15 is 0 Å². The Morgan fingerprint density at radius 3 is 2.40 bits per heavy atom. The Kier molecular flexibility index (Phi) is 6.22. The molecule has 0 atom stereocenters. The first-order valence-electron chi connectivity index (χ1n) is 7.61. The van der Waals surface area contributed by atoms with Gasteiger partial charge < -0.3 is 15.4 Å². The minimum absolute atomic E-state index is 0.127. The third kappa shape index (κ3) is 4.87. The topological polar surface area (TPSA) is 84.5 Å². The average molecular weight is 344 g/mol. The first kappa shape index (κ1) is 18.1. The van der Waals surface area contributed by atoms with E-state index in [4.69, 9.17) is 4.74 Å². The molecule has 0 bridgehead atoms. The number of hydrogen-bond donors (Lipinski definition) is 2. The molecule has 0 aliphatic heterocycles. The fourth-order valence-corrected chi connectivity index (χ4v) is 2.06. The number of esters is 1. The van der Waals surface area contributed by atoms with E-state index in [1.54, 1.807) is 25.1 Å². The molecule has 2 amide bonds. The first-order chi connectivity index (χ1) is 12.0. The lowest BCUT2D eigenvalue weighted by Crippen LogP contribution is -2.35. The zero-order chi connectivity index (χ0) is 18.2. The highest BCUT2D eigenvalue weighted by atomic mass is 19.1. The van der Waals surface area contributed by atoms with Crippen LogP contribution >= 0.6 is 0 Å². The minimum Gasteiger partial charge on any atom is -0.462 e. The Balaban J connectivity index is 2.01. The van der Waals surface area contributed by atoms with Crippen molar-refractivity contribution in [3.8, 4) is 0 Å². The molecule has 2 rings (SSSR count). The molecule has 0 aliphatic rings. The van der Waals surface area contributed by atoms with Crippen LogP contribution in [-0.4, -0.2) is 24.4 Å². The Morgan fingerprint density at radius 1 is 1.00 bits per heavy atom. The van der Waals surface area contributed by atoms with Gasteiger partial charge in [0.2, 0.25) is 0 Å². The number of amides is 2. The van der Waals surface area contributed by atoms with E-state index in [2.05, 4.69) is 10.6 Å². The second kappa shape index (κ2) is 8.58. The van der Waals surface area contributed by atoms with Crippen LogP contribution in [0.15, 0.2) is 48.5 Å². The van der Waals surface area contributed by atoms with Gasteiger partial charge in [0.25, 0.3) is 0 Å². The van der Waals surface area contributed by atoms with Gasteiger partial charge in [-0.3, -0.25) is 9.59 Å². The van der Waals surface area contributed by atoms with Gasteiger partial charge in [-0.05, 0) is 25.1 Å². The fourth-order valence-electron chi connectivity index (χ4n) is 2.06. The predicted octanol–water partition coefficient (Wildman–Crippen LogP) is 2.26. The molecule has 0 saturated carbocycles. The maximum Gasteiger partial charge on any atom is 0.340 e. The van der Waals surface area contributed by atoms with Gasteiger partial charge in [0.1, 0.15) is 5.82 Å². The van der Waals surface area contributed by atoms with Crippen LogP contribution in [0.1, 0.15) is 22.8 Å². The summed E-state index contributed by atoms with van der Waals surface area (Å²) in [5.74, 6) is -2.99. The summed E-state index contributed by atoms with van der Waals surface area (Å²) in [5, 5.41) is 4.68. The molecule has 2 aromatic carbocycles. The monoisotopic (exact) mass is 344 g/mol. The van der Waals surface area contributed by atoms with Gasteiger partial charge in [0.15, 0.2) is 0 Å². The summed E-state index contributed by atoms with van der Waals surface area (Å²) in [6, 6.07) is 12.1. The predicted molar refractivity (Wildman–Crippen MR) is 89.3 cm³/mol. The van der Waals surface area contributed by atoms with Gasteiger partial charge in [0, 0.05) is 12.1 Å². The Morgan fingerprint density at radius 2 is 1.68 bits per heavy atom. The molecule has 25 heavy (non-hydrogen) atoms. The van der Waals surface area contributed by atoms with E-state index in [1.165, 1.54) is 30.3 Å².